The summed E-state index contributed by atoms with van der Waals surface area (Å²) < 4.78 is 5.03. The van der Waals surface area contributed by atoms with E-state index in [4.69, 9.17) is 4.74 Å². The molecule has 1 atom stereocenters. The maximum atomic E-state index is 11.8. The number of ether oxygens (including phenoxy) is 1. The highest BCUT2D eigenvalue weighted by atomic mass is 16.5. The maximum Gasteiger partial charge on any atom is 0.357 e. The number of pyridine rings is 1. The van der Waals surface area contributed by atoms with Gasteiger partial charge >= 0.3 is 5.97 Å². The lowest BCUT2D eigenvalue weighted by Crippen LogP contribution is -2.10. The molecule has 90 valence electrons. The number of aromatic nitrogens is 1. The summed E-state index contributed by atoms with van der Waals surface area (Å²) in [5.41, 5.74) is 2.80. The zero-order valence-corrected chi connectivity index (χ0v) is 10.1. The number of rotatable bonds is 4. The topological polar surface area (TPSA) is 39.2 Å². The SMILES string of the molecule is C=CC[C@H]1Cc2ccnc(C(=O)OCC)c2C1. The number of carbonyl (C=O) groups excluding carboxylic acids is 1. The highest BCUT2D eigenvalue weighted by Crippen LogP contribution is 2.30. The summed E-state index contributed by atoms with van der Waals surface area (Å²) in [6.07, 6.45) is 6.53. The second-order valence-corrected chi connectivity index (χ2v) is 4.32. The number of hydrogen-bond acceptors (Lipinski definition) is 3. The Morgan fingerprint density at radius 1 is 1.65 bits per heavy atom. The third-order valence-electron chi connectivity index (χ3n) is 3.12. The predicted molar refractivity (Wildman–Crippen MR) is 65.9 cm³/mol. The molecule has 3 nitrogen and oxygen atoms in total. The van der Waals surface area contributed by atoms with E-state index in [1.807, 2.05) is 19.1 Å². The quantitative estimate of drug-likeness (QED) is 0.590. The van der Waals surface area contributed by atoms with Crippen molar-refractivity contribution < 1.29 is 9.53 Å². The molecule has 2 rings (SSSR count). The van der Waals surface area contributed by atoms with Gasteiger partial charge < -0.3 is 4.74 Å². The van der Waals surface area contributed by atoms with Crippen LogP contribution in [0.2, 0.25) is 0 Å². The Labute approximate surface area is 102 Å². The highest BCUT2D eigenvalue weighted by Gasteiger charge is 2.26. The van der Waals surface area contributed by atoms with Crippen LogP contribution < -0.4 is 0 Å². The maximum absolute atomic E-state index is 11.8. The van der Waals surface area contributed by atoms with Crippen LogP contribution in [0.25, 0.3) is 0 Å². The van der Waals surface area contributed by atoms with Gasteiger partial charge in [0.25, 0.3) is 0 Å². The molecule has 0 fully saturated rings. The molecule has 0 amide bonds. The molecule has 0 radical (unpaired) electrons. The Balaban J connectivity index is 2.25. The average Bonchev–Trinajstić information content (AvgIpc) is 2.71. The van der Waals surface area contributed by atoms with Crippen molar-refractivity contribution in [2.75, 3.05) is 6.61 Å². The van der Waals surface area contributed by atoms with Gasteiger partial charge in [-0.3, -0.25) is 0 Å². The van der Waals surface area contributed by atoms with Crippen molar-refractivity contribution in [1.29, 1.82) is 0 Å². The molecule has 1 heterocycles. The van der Waals surface area contributed by atoms with Crippen LogP contribution in [-0.4, -0.2) is 17.6 Å². The van der Waals surface area contributed by atoms with Gasteiger partial charge in [-0.1, -0.05) is 6.08 Å². The minimum Gasteiger partial charge on any atom is -0.461 e. The van der Waals surface area contributed by atoms with Crippen molar-refractivity contribution in [2.45, 2.75) is 26.2 Å². The first-order valence-electron chi connectivity index (χ1n) is 6.01. The fraction of sp³-hybridized carbons (Fsp3) is 0.429. The highest BCUT2D eigenvalue weighted by molar-refractivity contribution is 5.89. The number of esters is 1. The lowest BCUT2D eigenvalue weighted by Gasteiger charge is -2.06. The van der Waals surface area contributed by atoms with E-state index < -0.39 is 0 Å². The van der Waals surface area contributed by atoms with Gasteiger partial charge in [-0.2, -0.15) is 0 Å². The molecule has 0 bridgehead atoms. The van der Waals surface area contributed by atoms with Gasteiger partial charge in [0.1, 0.15) is 0 Å². The van der Waals surface area contributed by atoms with Gasteiger partial charge in [0.2, 0.25) is 0 Å². The van der Waals surface area contributed by atoms with Crippen LogP contribution in [0.1, 0.15) is 35.0 Å². The second-order valence-electron chi connectivity index (χ2n) is 4.32. The van der Waals surface area contributed by atoms with Crippen LogP contribution in [0.15, 0.2) is 24.9 Å². The molecule has 1 aromatic heterocycles. The molecule has 0 aliphatic heterocycles. The van der Waals surface area contributed by atoms with Gasteiger partial charge in [-0.05, 0) is 49.3 Å². The fourth-order valence-corrected chi connectivity index (χ4v) is 2.40. The normalized spacial score (nSPS) is 17.6. The van der Waals surface area contributed by atoms with Gasteiger partial charge in [-0.25, -0.2) is 9.78 Å². The molecular weight excluding hydrogens is 214 g/mol. The van der Waals surface area contributed by atoms with Crippen LogP contribution in [0.4, 0.5) is 0 Å². The molecule has 0 aromatic carbocycles. The Morgan fingerprint density at radius 3 is 3.18 bits per heavy atom. The Hall–Kier alpha value is -1.64. The van der Waals surface area contributed by atoms with Gasteiger partial charge in [0.05, 0.1) is 6.61 Å². The fourth-order valence-electron chi connectivity index (χ4n) is 2.40. The third kappa shape index (κ3) is 2.38. The van der Waals surface area contributed by atoms with Crippen LogP contribution in [0, 0.1) is 5.92 Å². The molecule has 1 aliphatic rings. The molecule has 0 unspecified atom stereocenters. The number of nitrogens with zero attached hydrogens (tertiary/aromatic N) is 1. The minimum atomic E-state index is -0.302. The Kier molecular flexibility index (Phi) is 3.57. The van der Waals surface area contributed by atoms with Crippen LogP contribution >= 0.6 is 0 Å². The number of carbonyl (C=O) groups is 1. The standard InChI is InChI=1S/C14H17NO2/c1-3-5-10-8-11-6-7-15-13(12(11)9-10)14(16)17-4-2/h3,6-7,10H,1,4-5,8-9H2,2H3/t10-/m0/s1. The van der Waals surface area contributed by atoms with Crippen molar-refractivity contribution >= 4 is 5.97 Å². The van der Waals surface area contributed by atoms with Crippen LogP contribution in [-0.2, 0) is 17.6 Å². The van der Waals surface area contributed by atoms with E-state index in [-0.39, 0.29) is 5.97 Å². The number of hydrogen-bond donors (Lipinski definition) is 0. The zero-order valence-electron chi connectivity index (χ0n) is 10.1. The number of allylic oxidation sites excluding steroid dienone is 1. The van der Waals surface area contributed by atoms with Crippen molar-refractivity contribution in [1.82, 2.24) is 4.98 Å². The minimum absolute atomic E-state index is 0.302. The van der Waals surface area contributed by atoms with Crippen LogP contribution in [0.5, 0.6) is 0 Å². The van der Waals surface area contributed by atoms with E-state index in [9.17, 15) is 4.79 Å². The first kappa shape index (κ1) is 11.8. The predicted octanol–water partition coefficient (Wildman–Crippen LogP) is 2.55. The Morgan fingerprint density at radius 2 is 2.47 bits per heavy atom. The first-order chi connectivity index (χ1) is 8.26. The molecular formula is C14H17NO2. The average molecular weight is 231 g/mol. The summed E-state index contributed by atoms with van der Waals surface area (Å²) in [5, 5.41) is 0. The van der Waals surface area contributed by atoms with E-state index >= 15 is 0 Å². The summed E-state index contributed by atoms with van der Waals surface area (Å²) >= 11 is 0. The van der Waals surface area contributed by atoms with Crippen molar-refractivity contribution in [3.05, 3.63) is 41.7 Å². The molecule has 0 spiro atoms. The largest absolute Gasteiger partial charge is 0.461 e. The van der Waals surface area contributed by atoms with Crippen LogP contribution in [0.3, 0.4) is 0 Å². The lowest BCUT2D eigenvalue weighted by molar-refractivity contribution is 0.0518. The smallest absolute Gasteiger partial charge is 0.357 e. The summed E-state index contributed by atoms with van der Waals surface area (Å²) in [7, 11) is 0. The van der Waals surface area contributed by atoms with Gasteiger partial charge in [-0.15, -0.1) is 6.58 Å². The van der Waals surface area contributed by atoms with E-state index in [2.05, 4.69) is 11.6 Å². The van der Waals surface area contributed by atoms with Gasteiger partial charge in [0, 0.05) is 6.20 Å². The molecule has 3 heteroatoms. The summed E-state index contributed by atoms with van der Waals surface area (Å²) in [6, 6.07) is 2.00. The second kappa shape index (κ2) is 5.13. The summed E-state index contributed by atoms with van der Waals surface area (Å²) in [5.74, 6) is 0.253. The van der Waals surface area contributed by atoms with Crippen molar-refractivity contribution in [2.24, 2.45) is 5.92 Å². The Bertz CT molecular complexity index is 440. The van der Waals surface area contributed by atoms with Crippen molar-refractivity contribution in [3.8, 4) is 0 Å². The zero-order chi connectivity index (χ0) is 12.3. The van der Waals surface area contributed by atoms with Crippen molar-refractivity contribution in [3.63, 3.8) is 0 Å². The summed E-state index contributed by atoms with van der Waals surface area (Å²) in [4.78, 5) is 15.9. The summed E-state index contributed by atoms with van der Waals surface area (Å²) in [6.45, 7) is 5.96. The van der Waals surface area contributed by atoms with E-state index in [1.54, 1.807) is 6.20 Å². The lowest BCUT2D eigenvalue weighted by atomic mass is 10.0. The number of fused-ring (bicyclic) bond motifs is 1. The monoisotopic (exact) mass is 231 g/mol. The van der Waals surface area contributed by atoms with E-state index in [0.717, 1.165) is 24.8 Å². The third-order valence-corrected chi connectivity index (χ3v) is 3.12. The van der Waals surface area contributed by atoms with E-state index in [0.29, 0.717) is 18.2 Å². The van der Waals surface area contributed by atoms with Gasteiger partial charge in [0.15, 0.2) is 5.69 Å². The molecule has 0 saturated heterocycles. The molecule has 0 saturated carbocycles. The van der Waals surface area contributed by atoms with E-state index in [1.165, 1.54) is 5.56 Å². The molecule has 1 aromatic rings. The first-order valence-corrected chi connectivity index (χ1v) is 6.01. The molecule has 1 aliphatic carbocycles. The molecule has 17 heavy (non-hydrogen) atoms. The molecule has 0 N–H and O–H groups in total.